The first kappa shape index (κ1) is 24.0. The maximum atomic E-state index is 13.3. The van der Waals surface area contributed by atoms with Gasteiger partial charge in [-0.3, -0.25) is 4.79 Å². The second-order valence-electron chi connectivity index (χ2n) is 7.90. The van der Waals surface area contributed by atoms with Gasteiger partial charge in [0.2, 0.25) is 15.9 Å². The van der Waals surface area contributed by atoms with E-state index in [0.717, 1.165) is 16.7 Å². The van der Waals surface area contributed by atoms with Crippen molar-refractivity contribution in [2.75, 3.05) is 0 Å². The molecule has 0 aliphatic rings. The maximum Gasteiger partial charge on any atom is 0.241 e. The van der Waals surface area contributed by atoms with Gasteiger partial charge in [-0.15, -0.1) is 0 Å². The van der Waals surface area contributed by atoms with E-state index < -0.39 is 22.0 Å². The molecule has 5 nitrogen and oxygen atoms in total. The summed E-state index contributed by atoms with van der Waals surface area (Å²) < 4.78 is 29.2. The molecule has 0 heterocycles. The number of amides is 1. The molecule has 0 unspecified atom stereocenters. The average molecular weight is 471 g/mol. The van der Waals surface area contributed by atoms with Crippen molar-refractivity contribution in [3.8, 4) is 0 Å². The maximum absolute atomic E-state index is 13.3. The predicted molar refractivity (Wildman–Crippen MR) is 128 cm³/mol. The zero-order chi connectivity index (χ0) is 23.3. The van der Waals surface area contributed by atoms with Crippen molar-refractivity contribution in [3.63, 3.8) is 0 Å². The highest BCUT2D eigenvalue weighted by molar-refractivity contribution is 7.89. The molecule has 1 amide bonds. The summed E-state index contributed by atoms with van der Waals surface area (Å²) >= 11 is 6.19. The summed E-state index contributed by atoms with van der Waals surface area (Å²) in [6, 6.07) is 19.2. The Kier molecular flexibility index (Phi) is 7.72. The highest BCUT2D eigenvalue weighted by Crippen LogP contribution is 2.22. The van der Waals surface area contributed by atoms with E-state index in [9.17, 15) is 13.2 Å². The van der Waals surface area contributed by atoms with Crippen LogP contribution in [0.4, 0.5) is 0 Å². The molecule has 0 radical (unpaired) electrons. The summed E-state index contributed by atoms with van der Waals surface area (Å²) in [7, 11) is -3.93. The number of aryl methyl sites for hydroxylation is 3. The molecule has 0 spiro atoms. The average Bonchev–Trinajstić information content (AvgIpc) is 2.72. The lowest BCUT2D eigenvalue weighted by molar-refractivity contribution is -0.122. The van der Waals surface area contributed by atoms with E-state index in [-0.39, 0.29) is 17.9 Å². The van der Waals surface area contributed by atoms with E-state index in [1.165, 1.54) is 0 Å². The van der Waals surface area contributed by atoms with Crippen LogP contribution in [0.2, 0.25) is 5.02 Å². The highest BCUT2D eigenvalue weighted by atomic mass is 35.5. The molecule has 1 atom stereocenters. The number of hydrogen-bond donors (Lipinski definition) is 2. The number of halogens is 1. The minimum Gasteiger partial charge on any atom is -0.351 e. The van der Waals surface area contributed by atoms with E-state index in [4.69, 9.17) is 11.6 Å². The standard InChI is InChI=1S/C25H27ClN2O3S/c1-17-13-18(2)24(19(3)14-17)32(30,31)28-23(15-20-9-5-4-6-10-20)25(29)27-16-21-11-7-8-12-22(21)26/h4-14,23,28H,15-16H2,1-3H3,(H,27,29)/t23-/m1/s1. The van der Waals surface area contributed by atoms with Crippen molar-refractivity contribution in [3.05, 3.63) is 99.6 Å². The number of carbonyl (C=O) groups excluding carboxylic acids is 1. The topological polar surface area (TPSA) is 75.3 Å². The van der Waals surface area contributed by atoms with Crippen molar-refractivity contribution >= 4 is 27.5 Å². The number of carbonyl (C=O) groups is 1. The molecule has 0 saturated carbocycles. The molecular weight excluding hydrogens is 444 g/mol. The Balaban J connectivity index is 1.87. The van der Waals surface area contributed by atoms with Crippen LogP contribution in [-0.2, 0) is 27.8 Å². The summed E-state index contributed by atoms with van der Waals surface area (Å²) in [6.07, 6.45) is 0.221. The van der Waals surface area contributed by atoms with Gasteiger partial charge in [0.1, 0.15) is 6.04 Å². The van der Waals surface area contributed by atoms with Crippen LogP contribution in [0.1, 0.15) is 27.8 Å². The van der Waals surface area contributed by atoms with Gasteiger partial charge in [0.15, 0.2) is 0 Å². The quantitative estimate of drug-likeness (QED) is 0.510. The summed E-state index contributed by atoms with van der Waals surface area (Å²) in [5.74, 6) is -0.417. The van der Waals surface area contributed by atoms with Crippen molar-refractivity contribution in [1.29, 1.82) is 0 Å². The molecule has 7 heteroatoms. The normalized spacial score (nSPS) is 12.4. The van der Waals surface area contributed by atoms with Crippen LogP contribution < -0.4 is 10.0 Å². The molecule has 0 fully saturated rings. The predicted octanol–water partition coefficient (Wildman–Crippen LogP) is 4.47. The fraction of sp³-hybridized carbons (Fsp3) is 0.240. The Morgan fingerprint density at radius 2 is 1.53 bits per heavy atom. The van der Waals surface area contributed by atoms with Crippen LogP contribution in [0.15, 0.2) is 71.6 Å². The minimum atomic E-state index is -3.93. The van der Waals surface area contributed by atoms with Crippen molar-refractivity contribution in [2.45, 2.75) is 44.7 Å². The zero-order valence-corrected chi connectivity index (χ0v) is 19.9. The lowest BCUT2D eigenvalue weighted by Gasteiger charge is -2.21. The lowest BCUT2D eigenvalue weighted by Crippen LogP contribution is -2.48. The molecule has 168 valence electrons. The van der Waals surface area contributed by atoms with Gasteiger partial charge in [0, 0.05) is 11.6 Å². The molecule has 3 rings (SSSR count). The Morgan fingerprint density at radius 3 is 2.16 bits per heavy atom. The van der Waals surface area contributed by atoms with E-state index in [0.29, 0.717) is 16.1 Å². The van der Waals surface area contributed by atoms with Gasteiger partial charge in [0.25, 0.3) is 0 Å². The number of hydrogen-bond acceptors (Lipinski definition) is 3. The van der Waals surface area contributed by atoms with Crippen LogP contribution in [0.3, 0.4) is 0 Å². The van der Waals surface area contributed by atoms with Crippen LogP contribution in [-0.4, -0.2) is 20.4 Å². The van der Waals surface area contributed by atoms with Crippen molar-refractivity contribution in [2.24, 2.45) is 0 Å². The smallest absolute Gasteiger partial charge is 0.241 e. The summed E-state index contributed by atoms with van der Waals surface area (Å²) in [5, 5.41) is 3.36. The Labute approximate surface area is 194 Å². The van der Waals surface area contributed by atoms with Crippen LogP contribution in [0, 0.1) is 20.8 Å². The Morgan fingerprint density at radius 1 is 0.938 bits per heavy atom. The monoisotopic (exact) mass is 470 g/mol. The van der Waals surface area contributed by atoms with E-state index in [2.05, 4.69) is 10.0 Å². The fourth-order valence-electron chi connectivity index (χ4n) is 3.82. The molecule has 3 aromatic carbocycles. The summed E-state index contributed by atoms with van der Waals surface area (Å²) in [6.45, 7) is 5.65. The van der Waals surface area contributed by atoms with Crippen LogP contribution in [0.5, 0.6) is 0 Å². The van der Waals surface area contributed by atoms with Gasteiger partial charge in [-0.2, -0.15) is 4.72 Å². The van der Waals surface area contributed by atoms with Crippen molar-refractivity contribution < 1.29 is 13.2 Å². The number of rotatable bonds is 8. The third kappa shape index (κ3) is 5.97. The third-order valence-corrected chi connectivity index (χ3v) is 7.33. The SMILES string of the molecule is Cc1cc(C)c(S(=O)(=O)N[C@H](Cc2ccccc2)C(=O)NCc2ccccc2Cl)c(C)c1. The molecule has 0 aliphatic carbocycles. The van der Waals surface area contributed by atoms with Crippen LogP contribution >= 0.6 is 11.6 Å². The first-order valence-corrected chi connectivity index (χ1v) is 12.2. The van der Waals surface area contributed by atoms with Gasteiger partial charge in [-0.25, -0.2) is 8.42 Å². The number of nitrogens with one attached hydrogen (secondary N) is 2. The van der Waals surface area contributed by atoms with Crippen molar-refractivity contribution in [1.82, 2.24) is 10.0 Å². The highest BCUT2D eigenvalue weighted by Gasteiger charge is 2.28. The molecule has 0 aromatic heterocycles. The van der Waals surface area contributed by atoms with E-state index in [1.807, 2.05) is 67.6 Å². The zero-order valence-electron chi connectivity index (χ0n) is 18.4. The van der Waals surface area contributed by atoms with Gasteiger partial charge in [-0.05, 0) is 55.5 Å². The Bertz CT molecular complexity index is 1190. The fourth-order valence-corrected chi connectivity index (χ4v) is 5.67. The van der Waals surface area contributed by atoms with E-state index in [1.54, 1.807) is 19.9 Å². The Hall–Kier alpha value is -2.67. The molecule has 0 saturated heterocycles. The first-order chi connectivity index (χ1) is 15.2. The van der Waals surface area contributed by atoms with Gasteiger partial charge < -0.3 is 5.32 Å². The molecular formula is C25H27ClN2O3S. The molecule has 3 aromatic rings. The second kappa shape index (κ2) is 10.3. The minimum absolute atomic E-state index is 0.202. The largest absolute Gasteiger partial charge is 0.351 e. The second-order valence-corrected chi connectivity index (χ2v) is 9.96. The van der Waals surface area contributed by atoms with E-state index >= 15 is 0 Å². The third-order valence-electron chi connectivity index (χ3n) is 5.18. The molecule has 0 bridgehead atoms. The number of benzene rings is 3. The van der Waals surface area contributed by atoms with Gasteiger partial charge >= 0.3 is 0 Å². The molecule has 2 N–H and O–H groups in total. The van der Waals surface area contributed by atoms with Gasteiger partial charge in [-0.1, -0.05) is 77.8 Å². The van der Waals surface area contributed by atoms with Crippen LogP contribution in [0.25, 0.3) is 0 Å². The lowest BCUT2D eigenvalue weighted by atomic mass is 10.1. The number of sulfonamides is 1. The first-order valence-electron chi connectivity index (χ1n) is 10.3. The van der Waals surface area contributed by atoms with Gasteiger partial charge in [0.05, 0.1) is 4.90 Å². The summed E-state index contributed by atoms with van der Waals surface area (Å²) in [4.78, 5) is 13.3. The molecule has 32 heavy (non-hydrogen) atoms. The summed E-state index contributed by atoms with van der Waals surface area (Å²) in [5.41, 5.74) is 3.88. The molecule has 0 aliphatic heterocycles.